The standard InChI is InChI=1S/C11H11NO2/c1-3-14-11(13)10-6-4-5-9(7-12)8(10)2/h4-6H,3H2,1-2H3. The lowest BCUT2D eigenvalue weighted by Gasteiger charge is -2.05. The van der Waals surface area contributed by atoms with Crippen LogP contribution in [0.3, 0.4) is 0 Å². The highest BCUT2D eigenvalue weighted by Crippen LogP contribution is 2.13. The molecule has 0 aliphatic carbocycles. The van der Waals surface area contributed by atoms with Gasteiger partial charge in [0.25, 0.3) is 0 Å². The SMILES string of the molecule is CCOC(=O)c1cccc(C#N)c1C. The quantitative estimate of drug-likeness (QED) is 0.669. The number of carbonyl (C=O) groups is 1. The van der Waals surface area contributed by atoms with E-state index in [1.54, 1.807) is 32.0 Å². The molecule has 0 fully saturated rings. The molecule has 0 N–H and O–H groups in total. The highest BCUT2D eigenvalue weighted by molar-refractivity contribution is 5.91. The van der Waals surface area contributed by atoms with E-state index in [1.165, 1.54) is 0 Å². The second kappa shape index (κ2) is 4.43. The summed E-state index contributed by atoms with van der Waals surface area (Å²) in [6.07, 6.45) is 0. The Labute approximate surface area is 82.9 Å². The van der Waals surface area contributed by atoms with Crippen LogP contribution in [0.1, 0.15) is 28.4 Å². The number of nitriles is 1. The number of carbonyl (C=O) groups excluding carboxylic acids is 1. The Morgan fingerprint density at radius 2 is 2.29 bits per heavy atom. The van der Waals surface area contributed by atoms with Crippen LogP contribution >= 0.6 is 0 Å². The van der Waals surface area contributed by atoms with Crippen molar-refractivity contribution in [1.82, 2.24) is 0 Å². The first-order valence-corrected chi connectivity index (χ1v) is 4.37. The normalized spacial score (nSPS) is 9.21. The third-order valence-corrected chi connectivity index (χ3v) is 1.95. The predicted octanol–water partition coefficient (Wildman–Crippen LogP) is 2.04. The fraction of sp³-hybridized carbons (Fsp3) is 0.273. The van der Waals surface area contributed by atoms with Crippen LogP contribution in [-0.4, -0.2) is 12.6 Å². The highest BCUT2D eigenvalue weighted by Gasteiger charge is 2.11. The van der Waals surface area contributed by atoms with Gasteiger partial charge in [0.2, 0.25) is 0 Å². The molecule has 0 unspecified atom stereocenters. The number of rotatable bonds is 2. The lowest BCUT2D eigenvalue weighted by atomic mass is 10.0. The summed E-state index contributed by atoms with van der Waals surface area (Å²) in [5.74, 6) is -0.373. The van der Waals surface area contributed by atoms with E-state index in [2.05, 4.69) is 0 Å². The van der Waals surface area contributed by atoms with E-state index < -0.39 is 0 Å². The number of hydrogen-bond acceptors (Lipinski definition) is 3. The minimum Gasteiger partial charge on any atom is -0.462 e. The molecule has 0 radical (unpaired) electrons. The molecule has 0 aromatic heterocycles. The number of benzene rings is 1. The van der Waals surface area contributed by atoms with Gasteiger partial charge in [-0.15, -0.1) is 0 Å². The van der Waals surface area contributed by atoms with Gasteiger partial charge >= 0.3 is 5.97 Å². The maximum Gasteiger partial charge on any atom is 0.338 e. The van der Waals surface area contributed by atoms with Crippen molar-refractivity contribution < 1.29 is 9.53 Å². The van der Waals surface area contributed by atoms with E-state index in [9.17, 15) is 4.79 Å². The fourth-order valence-corrected chi connectivity index (χ4v) is 1.19. The van der Waals surface area contributed by atoms with Crippen LogP contribution in [-0.2, 0) is 4.74 Å². The van der Waals surface area contributed by atoms with Crippen LogP contribution in [0, 0.1) is 18.3 Å². The Kier molecular flexibility index (Phi) is 3.24. The Morgan fingerprint density at radius 3 is 2.86 bits per heavy atom. The molecular formula is C11H11NO2. The van der Waals surface area contributed by atoms with Gasteiger partial charge in [0.1, 0.15) is 0 Å². The van der Waals surface area contributed by atoms with Crippen molar-refractivity contribution in [3.05, 3.63) is 34.9 Å². The Hall–Kier alpha value is -1.82. The van der Waals surface area contributed by atoms with Crippen molar-refractivity contribution >= 4 is 5.97 Å². The molecule has 14 heavy (non-hydrogen) atoms. The topological polar surface area (TPSA) is 50.1 Å². The van der Waals surface area contributed by atoms with Crippen LogP contribution in [0.2, 0.25) is 0 Å². The maximum absolute atomic E-state index is 11.4. The molecule has 0 heterocycles. The molecule has 0 aliphatic rings. The summed E-state index contributed by atoms with van der Waals surface area (Å²) in [7, 11) is 0. The van der Waals surface area contributed by atoms with Gasteiger partial charge in [0, 0.05) is 0 Å². The largest absolute Gasteiger partial charge is 0.462 e. The van der Waals surface area contributed by atoms with Gasteiger partial charge in [-0.3, -0.25) is 0 Å². The van der Waals surface area contributed by atoms with Gasteiger partial charge < -0.3 is 4.74 Å². The molecule has 1 aromatic carbocycles. The smallest absolute Gasteiger partial charge is 0.338 e. The van der Waals surface area contributed by atoms with E-state index >= 15 is 0 Å². The van der Waals surface area contributed by atoms with Gasteiger partial charge in [-0.25, -0.2) is 4.79 Å². The molecule has 72 valence electrons. The predicted molar refractivity (Wildman–Crippen MR) is 51.9 cm³/mol. The molecule has 1 rings (SSSR count). The summed E-state index contributed by atoms with van der Waals surface area (Å²) in [6.45, 7) is 3.83. The lowest BCUT2D eigenvalue weighted by Crippen LogP contribution is -2.07. The van der Waals surface area contributed by atoms with Crippen LogP contribution in [0.25, 0.3) is 0 Å². The van der Waals surface area contributed by atoms with Crippen molar-refractivity contribution in [2.45, 2.75) is 13.8 Å². The molecule has 0 aliphatic heterocycles. The summed E-state index contributed by atoms with van der Waals surface area (Å²) < 4.78 is 4.86. The lowest BCUT2D eigenvalue weighted by molar-refractivity contribution is 0.0525. The summed E-state index contributed by atoms with van der Waals surface area (Å²) in [4.78, 5) is 11.4. The first kappa shape index (κ1) is 10.3. The number of esters is 1. The Morgan fingerprint density at radius 1 is 1.57 bits per heavy atom. The average Bonchev–Trinajstić information content (AvgIpc) is 2.18. The number of ether oxygens (including phenoxy) is 1. The third kappa shape index (κ3) is 1.91. The average molecular weight is 189 g/mol. The van der Waals surface area contributed by atoms with E-state index in [-0.39, 0.29) is 5.97 Å². The summed E-state index contributed by atoms with van der Waals surface area (Å²) in [5, 5.41) is 8.75. The van der Waals surface area contributed by atoms with Crippen molar-refractivity contribution in [2.75, 3.05) is 6.61 Å². The minimum atomic E-state index is -0.373. The van der Waals surface area contributed by atoms with Crippen LogP contribution in [0.15, 0.2) is 18.2 Å². The molecule has 1 aromatic rings. The number of hydrogen-bond donors (Lipinski definition) is 0. The molecule has 3 heteroatoms. The zero-order valence-corrected chi connectivity index (χ0v) is 8.20. The van der Waals surface area contributed by atoms with Crippen molar-refractivity contribution in [3.63, 3.8) is 0 Å². The van der Waals surface area contributed by atoms with Gasteiger partial charge in [-0.05, 0) is 31.5 Å². The molecule has 0 atom stereocenters. The first-order valence-electron chi connectivity index (χ1n) is 4.37. The Bertz CT molecular complexity index is 391. The van der Waals surface area contributed by atoms with Gasteiger partial charge in [0.15, 0.2) is 0 Å². The van der Waals surface area contributed by atoms with Gasteiger partial charge in [0.05, 0.1) is 23.8 Å². The molecule has 0 amide bonds. The number of nitrogens with zero attached hydrogens (tertiary/aromatic N) is 1. The Balaban J connectivity index is 3.11. The molecule has 3 nitrogen and oxygen atoms in total. The second-order valence-electron chi connectivity index (χ2n) is 2.81. The summed E-state index contributed by atoms with van der Waals surface area (Å²) in [6, 6.07) is 7.04. The van der Waals surface area contributed by atoms with E-state index in [0.29, 0.717) is 23.3 Å². The van der Waals surface area contributed by atoms with Gasteiger partial charge in [-0.1, -0.05) is 6.07 Å². The van der Waals surface area contributed by atoms with Crippen LogP contribution in [0.4, 0.5) is 0 Å². The molecule has 0 saturated carbocycles. The van der Waals surface area contributed by atoms with Crippen LogP contribution < -0.4 is 0 Å². The molecule has 0 saturated heterocycles. The maximum atomic E-state index is 11.4. The summed E-state index contributed by atoms with van der Waals surface area (Å²) >= 11 is 0. The first-order chi connectivity index (χ1) is 6.70. The van der Waals surface area contributed by atoms with E-state index in [1.807, 2.05) is 6.07 Å². The van der Waals surface area contributed by atoms with Crippen molar-refractivity contribution in [1.29, 1.82) is 5.26 Å². The molecular weight excluding hydrogens is 178 g/mol. The van der Waals surface area contributed by atoms with Crippen molar-refractivity contribution in [3.8, 4) is 6.07 Å². The van der Waals surface area contributed by atoms with Crippen molar-refractivity contribution in [2.24, 2.45) is 0 Å². The van der Waals surface area contributed by atoms with Crippen LogP contribution in [0.5, 0.6) is 0 Å². The fourth-order valence-electron chi connectivity index (χ4n) is 1.19. The second-order valence-corrected chi connectivity index (χ2v) is 2.81. The monoisotopic (exact) mass is 189 g/mol. The van der Waals surface area contributed by atoms with E-state index in [0.717, 1.165) is 0 Å². The zero-order valence-electron chi connectivity index (χ0n) is 8.20. The summed E-state index contributed by atoms with van der Waals surface area (Å²) in [5.41, 5.74) is 1.65. The molecule has 0 spiro atoms. The zero-order chi connectivity index (χ0) is 10.6. The van der Waals surface area contributed by atoms with E-state index in [4.69, 9.17) is 10.00 Å². The van der Waals surface area contributed by atoms with Gasteiger partial charge in [-0.2, -0.15) is 5.26 Å². The highest BCUT2D eigenvalue weighted by atomic mass is 16.5. The third-order valence-electron chi connectivity index (χ3n) is 1.95. The molecule has 0 bridgehead atoms. The minimum absolute atomic E-state index is 0.342.